The van der Waals surface area contributed by atoms with Crippen molar-refractivity contribution >= 4 is 17.8 Å². The van der Waals surface area contributed by atoms with Gasteiger partial charge in [-0.3, -0.25) is 19.5 Å². The van der Waals surface area contributed by atoms with Gasteiger partial charge >= 0.3 is 6.03 Å². The summed E-state index contributed by atoms with van der Waals surface area (Å²) < 4.78 is 0. The Morgan fingerprint density at radius 2 is 1.88 bits per heavy atom. The molecule has 26 heavy (non-hydrogen) atoms. The van der Waals surface area contributed by atoms with Crippen LogP contribution in [0.5, 0.6) is 0 Å². The third-order valence-electron chi connectivity index (χ3n) is 4.47. The monoisotopic (exact) mass is 352 g/mol. The zero-order valence-electron chi connectivity index (χ0n) is 14.4. The minimum Gasteiger partial charge on any atom is -0.349 e. The van der Waals surface area contributed by atoms with Crippen molar-refractivity contribution < 1.29 is 14.4 Å². The van der Waals surface area contributed by atoms with E-state index in [1.807, 2.05) is 31.2 Å². The van der Waals surface area contributed by atoms with Crippen LogP contribution in [0, 0.1) is 0 Å². The zero-order valence-corrected chi connectivity index (χ0v) is 14.4. The Morgan fingerprint density at radius 1 is 1.15 bits per heavy atom. The molecule has 4 amide bonds. The summed E-state index contributed by atoms with van der Waals surface area (Å²) in [6, 6.07) is 13.9. The summed E-state index contributed by atoms with van der Waals surface area (Å²) in [6.45, 7) is 1.74. The number of rotatable bonds is 6. The van der Waals surface area contributed by atoms with E-state index in [0.29, 0.717) is 17.7 Å². The van der Waals surface area contributed by atoms with Gasteiger partial charge in [0, 0.05) is 6.20 Å². The molecule has 7 heteroatoms. The molecule has 1 aliphatic heterocycles. The summed E-state index contributed by atoms with van der Waals surface area (Å²) >= 11 is 0. The van der Waals surface area contributed by atoms with Crippen LogP contribution < -0.4 is 10.6 Å². The van der Waals surface area contributed by atoms with Gasteiger partial charge < -0.3 is 10.6 Å². The number of aromatic nitrogens is 1. The molecule has 0 saturated carbocycles. The molecule has 0 spiro atoms. The molecular weight excluding hydrogens is 332 g/mol. The Kier molecular flexibility index (Phi) is 4.97. The first-order valence-electron chi connectivity index (χ1n) is 8.43. The molecular formula is C19H20N4O3. The number of amides is 4. The van der Waals surface area contributed by atoms with Gasteiger partial charge in [-0.15, -0.1) is 0 Å². The van der Waals surface area contributed by atoms with E-state index < -0.39 is 23.4 Å². The van der Waals surface area contributed by atoms with Gasteiger partial charge in [0.05, 0.1) is 12.2 Å². The number of imide groups is 1. The number of benzene rings is 1. The van der Waals surface area contributed by atoms with E-state index in [1.165, 1.54) is 0 Å². The average Bonchev–Trinajstić information content (AvgIpc) is 2.93. The Morgan fingerprint density at radius 3 is 2.54 bits per heavy atom. The van der Waals surface area contributed by atoms with Crippen molar-refractivity contribution in [2.45, 2.75) is 25.4 Å². The molecule has 0 aliphatic carbocycles. The third kappa shape index (κ3) is 3.28. The van der Waals surface area contributed by atoms with Gasteiger partial charge in [0.25, 0.3) is 5.91 Å². The fourth-order valence-electron chi connectivity index (χ4n) is 3.02. The van der Waals surface area contributed by atoms with E-state index in [0.717, 1.165) is 4.90 Å². The highest BCUT2D eigenvalue weighted by molar-refractivity contribution is 6.09. The Bertz CT molecular complexity index is 810. The van der Waals surface area contributed by atoms with Gasteiger partial charge in [0.1, 0.15) is 12.1 Å². The number of pyridine rings is 1. The zero-order chi connectivity index (χ0) is 18.6. The van der Waals surface area contributed by atoms with E-state index in [4.69, 9.17) is 0 Å². The molecule has 0 unspecified atom stereocenters. The van der Waals surface area contributed by atoms with Crippen molar-refractivity contribution in [2.75, 3.05) is 6.54 Å². The summed E-state index contributed by atoms with van der Waals surface area (Å²) in [5.74, 6) is -0.830. The summed E-state index contributed by atoms with van der Waals surface area (Å²) in [5, 5.41) is 5.43. The predicted octanol–water partition coefficient (Wildman–Crippen LogP) is 1.56. The van der Waals surface area contributed by atoms with Crippen LogP contribution in [0.2, 0.25) is 0 Å². The molecule has 134 valence electrons. The number of hydrogen-bond acceptors (Lipinski definition) is 4. The quantitative estimate of drug-likeness (QED) is 0.772. The van der Waals surface area contributed by atoms with Gasteiger partial charge in [-0.25, -0.2) is 4.79 Å². The molecule has 3 rings (SSSR count). The maximum absolute atomic E-state index is 12.9. The fourth-order valence-corrected chi connectivity index (χ4v) is 3.02. The number of hydrogen-bond donors (Lipinski definition) is 2. The van der Waals surface area contributed by atoms with E-state index in [9.17, 15) is 14.4 Å². The highest BCUT2D eigenvalue weighted by Gasteiger charge is 2.51. The standard InChI is InChI=1S/C19H20N4O3/c1-2-19(14-8-4-3-5-9-14)17(25)23(18(26)22-19)13-16(24)21-12-15-10-6-7-11-20-15/h3-11H,2,12-13H2,1H3,(H,21,24)(H,22,26)/t19-/m1/s1. The van der Waals surface area contributed by atoms with Crippen molar-refractivity contribution in [1.29, 1.82) is 0 Å². The van der Waals surface area contributed by atoms with Gasteiger partial charge in [-0.1, -0.05) is 43.3 Å². The largest absolute Gasteiger partial charge is 0.349 e. The lowest BCUT2D eigenvalue weighted by atomic mass is 9.87. The van der Waals surface area contributed by atoms with Crippen LogP contribution in [0.1, 0.15) is 24.6 Å². The van der Waals surface area contributed by atoms with Crippen molar-refractivity contribution in [3.63, 3.8) is 0 Å². The second-order valence-corrected chi connectivity index (χ2v) is 6.04. The second-order valence-electron chi connectivity index (χ2n) is 6.04. The van der Waals surface area contributed by atoms with Gasteiger partial charge in [0.15, 0.2) is 0 Å². The molecule has 2 heterocycles. The summed E-state index contributed by atoms with van der Waals surface area (Å²) in [4.78, 5) is 42.5. The average molecular weight is 352 g/mol. The highest BCUT2D eigenvalue weighted by atomic mass is 16.2. The molecule has 1 aromatic heterocycles. The fraction of sp³-hybridized carbons (Fsp3) is 0.263. The van der Waals surface area contributed by atoms with Crippen molar-refractivity contribution in [2.24, 2.45) is 0 Å². The number of nitrogens with one attached hydrogen (secondary N) is 2. The minimum atomic E-state index is -1.13. The van der Waals surface area contributed by atoms with E-state index in [1.54, 1.807) is 30.5 Å². The van der Waals surface area contributed by atoms with Crippen LogP contribution in [0.4, 0.5) is 4.79 Å². The summed E-state index contributed by atoms with van der Waals surface area (Å²) in [7, 11) is 0. The van der Waals surface area contributed by atoms with Crippen molar-refractivity contribution in [1.82, 2.24) is 20.5 Å². The maximum atomic E-state index is 12.9. The molecule has 1 fully saturated rings. The molecule has 1 aliphatic rings. The number of carbonyl (C=O) groups excluding carboxylic acids is 3. The summed E-state index contributed by atoms with van der Waals surface area (Å²) in [5.41, 5.74) is 0.280. The lowest BCUT2D eigenvalue weighted by Crippen LogP contribution is -2.44. The first-order valence-corrected chi connectivity index (χ1v) is 8.43. The number of urea groups is 1. The highest BCUT2D eigenvalue weighted by Crippen LogP contribution is 2.32. The molecule has 1 aromatic carbocycles. The lowest BCUT2D eigenvalue weighted by Gasteiger charge is -2.25. The maximum Gasteiger partial charge on any atom is 0.325 e. The SMILES string of the molecule is CC[C@]1(c2ccccc2)NC(=O)N(CC(=O)NCc2ccccn2)C1=O. The van der Waals surface area contributed by atoms with Gasteiger partial charge in [-0.05, 0) is 24.1 Å². The first kappa shape index (κ1) is 17.6. The molecule has 2 N–H and O–H groups in total. The van der Waals surface area contributed by atoms with Crippen molar-refractivity contribution in [3.8, 4) is 0 Å². The Balaban J connectivity index is 1.70. The number of nitrogens with zero attached hydrogens (tertiary/aromatic N) is 2. The van der Waals surface area contributed by atoms with Gasteiger partial charge in [-0.2, -0.15) is 0 Å². The van der Waals surface area contributed by atoms with Crippen LogP contribution >= 0.6 is 0 Å². The van der Waals surface area contributed by atoms with Crippen molar-refractivity contribution in [3.05, 3.63) is 66.0 Å². The van der Waals surface area contributed by atoms with Crippen LogP contribution in [0.3, 0.4) is 0 Å². The van der Waals surface area contributed by atoms with Gasteiger partial charge in [0.2, 0.25) is 5.91 Å². The smallest absolute Gasteiger partial charge is 0.325 e. The topological polar surface area (TPSA) is 91.4 Å². The lowest BCUT2D eigenvalue weighted by molar-refractivity contribution is -0.135. The van der Waals surface area contributed by atoms with E-state index >= 15 is 0 Å². The summed E-state index contributed by atoms with van der Waals surface area (Å²) in [6.07, 6.45) is 2.03. The van der Waals surface area contributed by atoms with Crippen LogP contribution in [0.25, 0.3) is 0 Å². The molecule has 7 nitrogen and oxygen atoms in total. The number of carbonyl (C=O) groups is 3. The molecule has 2 aromatic rings. The normalized spacial score (nSPS) is 19.3. The third-order valence-corrected chi connectivity index (χ3v) is 4.47. The Labute approximate surface area is 151 Å². The van der Waals surface area contributed by atoms with E-state index in [2.05, 4.69) is 15.6 Å². The second kappa shape index (κ2) is 7.35. The Hall–Kier alpha value is -3.22. The molecule has 0 radical (unpaired) electrons. The van der Waals surface area contributed by atoms with Crippen LogP contribution in [-0.4, -0.2) is 34.3 Å². The van der Waals surface area contributed by atoms with Crippen LogP contribution in [0.15, 0.2) is 54.7 Å². The van der Waals surface area contributed by atoms with Crippen LogP contribution in [-0.2, 0) is 21.7 Å². The van der Waals surface area contributed by atoms with E-state index in [-0.39, 0.29) is 13.1 Å². The molecule has 1 atom stereocenters. The molecule has 1 saturated heterocycles. The first-order chi connectivity index (χ1) is 12.6. The predicted molar refractivity (Wildman–Crippen MR) is 94.7 cm³/mol. The minimum absolute atomic E-state index is 0.237. The molecule has 0 bridgehead atoms.